The van der Waals surface area contributed by atoms with Crippen molar-refractivity contribution in [3.05, 3.63) is 46.9 Å². The molecule has 3 aromatic rings. The van der Waals surface area contributed by atoms with Crippen LogP contribution in [0.5, 0.6) is 5.75 Å². The molecular formula is C22H24F3N5O2. The van der Waals surface area contributed by atoms with Crippen molar-refractivity contribution in [1.29, 1.82) is 0 Å². The molecule has 2 aliphatic rings. The number of fused-ring (bicyclic) bond motifs is 1. The molecule has 2 fully saturated rings. The van der Waals surface area contributed by atoms with Gasteiger partial charge in [0.1, 0.15) is 11.1 Å². The maximum atomic E-state index is 12.6. The summed E-state index contributed by atoms with van der Waals surface area (Å²) >= 11 is 0. The fourth-order valence-electron chi connectivity index (χ4n) is 4.72. The number of hydrogen-bond donors (Lipinski definition) is 2. The van der Waals surface area contributed by atoms with E-state index in [1.54, 1.807) is 6.20 Å². The predicted octanol–water partition coefficient (Wildman–Crippen LogP) is 4.56. The van der Waals surface area contributed by atoms with Gasteiger partial charge in [-0.1, -0.05) is 0 Å². The van der Waals surface area contributed by atoms with Gasteiger partial charge in [0.25, 0.3) is 5.56 Å². The zero-order valence-electron chi connectivity index (χ0n) is 17.4. The molecule has 1 aliphatic carbocycles. The molecule has 2 aromatic heterocycles. The van der Waals surface area contributed by atoms with Crippen molar-refractivity contribution in [2.45, 2.75) is 50.6 Å². The smallest absolute Gasteiger partial charge is 0.406 e. The fraction of sp³-hybridized carbons (Fsp3) is 0.455. The molecule has 1 saturated heterocycles. The van der Waals surface area contributed by atoms with Crippen molar-refractivity contribution in [3.8, 4) is 5.75 Å². The summed E-state index contributed by atoms with van der Waals surface area (Å²) in [7, 11) is 0. The quantitative estimate of drug-likeness (QED) is 0.600. The first kappa shape index (κ1) is 20.9. The summed E-state index contributed by atoms with van der Waals surface area (Å²) in [6.45, 7) is 2.38. The number of likely N-dealkylation sites (tertiary alicyclic amines) is 1. The van der Waals surface area contributed by atoms with Crippen LogP contribution in [0.4, 0.5) is 24.7 Å². The Morgan fingerprint density at radius 3 is 2.34 bits per heavy atom. The number of ether oxygens (including phenoxy) is 1. The third kappa shape index (κ3) is 4.19. The number of nitrogens with one attached hydrogen (secondary N) is 2. The fourth-order valence-corrected chi connectivity index (χ4v) is 4.72. The lowest BCUT2D eigenvalue weighted by Crippen LogP contribution is -2.46. The Labute approximate surface area is 182 Å². The first-order valence-corrected chi connectivity index (χ1v) is 10.8. The Hall–Kier alpha value is -3.01. The molecular weight excluding hydrogens is 423 g/mol. The second-order valence-electron chi connectivity index (χ2n) is 8.41. The lowest BCUT2D eigenvalue weighted by atomic mass is 9.89. The van der Waals surface area contributed by atoms with Crippen molar-refractivity contribution in [3.63, 3.8) is 0 Å². The van der Waals surface area contributed by atoms with Gasteiger partial charge in [0.05, 0.1) is 11.6 Å². The topological polar surface area (TPSA) is 75.2 Å². The highest BCUT2D eigenvalue weighted by Crippen LogP contribution is 2.35. The van der Waals surface area contributed by atoms with Gasteiger partial charge in [0.2, 0.25) is 0 Å². The van der Waals surface area contributed by atoms with E-state index in [1.807, 2.05) is 10.7 Å². The average Bonchev–Trinajstić information content (AvgIpc) is 3.07. The van der Waals surface area contributed by atoms with Crippen molar-refractivity contribution >= 4 is 22.4 Å². The van der Waals surface area contributed by atoms with Crippen LogP contribution < -0.4 is 15.6 Å². The van der Waals surface area contributed by atoms with Crippen LogP contribution in [0, 0.1) is 0 Å². The summed E-state index contributed by atoms with van der Waals surface area (Å²) in [4.78, 5) is 17.8. The molecule has 7 nitrogen and oxygen atoms in total. The summed E-state index contributed by atoms with van der Waals surface area (Å²) in [6, 6.07) is 8.04. The first-order valence-electron chi connectivity index (χ1n) is 10.8. The van der Waals surface area contributed by atoms with Crippen molar-refractivity contribution in [2.75, 3.05) is 18.4 Å². The number of alkyl halides is 3. The molecule has 1 aliphatic heterocycles. The Bertz CT molecular complexity index is 1140. The predicted molar refractivity (Wildman–Crippen MR) is 114 cm³/mol. The number of aromatic amines is 1. The van der Waals surface area contributed by atoms with Gasteiger partial charge in [-0.15, -0.1) is 13.2 Å². The van der Waals surface area contributed by atoms with Gasteiger partial charge in [0, 0.05) is 17.9 Å². The highest BCUT2D eigenvalue weighted by molar-refractivity contribution is 5.91. The molecule has 1 saturated carbocycles. The van der Waals surface area contributed by atoms with Crippen LogP contribution in [0.3, 0.4) is 0 Å². The summed E-state index contributed by atoms with van der Waals surface area (Å²) in [5.41, 5.74) is 0.999. The van der Waals surface area contributed by atoms with E-state index in [2.05, 4.69) is 19.9 Å². The van der Waals surface area contributed by atoms with E-state index in [9.17, 15) is 18.0 Å². The largest absolute Gasteiger partial charge is 0.573 e. The van der Waals surface area contributed by atoms with E-state index < -0.39 is 6.36 Å². The van der Waals surface area contributed by atoms with Gasteiger partial charge in [-0.2, -0.15) is 5.10 Å². The average molecular weight is 447 g/mol. The molecule has 0 bridgehead atoms. The van der Waals surface area contributed by atoms with E-state index >= 15 is 0 Å². The Morgan fingerprint density at radius 2 is 1.72 bits per heavy atom. The zero-order chi connectivity index (χ0) is 22.3. The minimum Gasteiger partial charge on any atom is -0.406 e. The van der Waals surface area contributed by atoms with Crippen LogP contribution >= 0.6 is 0 Å². The third-order valence-electron chi connectivity index (χ3n) is 6.40. The summed E-state index contributed by atoms with van der Waals surface area (Å²) in [5.74, 6) is 0.0754. The standard InChI is InChI=1S/C22H24F3N5O2/c23-22(24,25)32-17-8-2-14(3-9-17)27-20-19-18(10-11-26-21(19)31)30(28-20)16-6-4-15(5-7-16)29-12-1-13-29/h2-3,8-11,15-16H,1,4-7,12-13H2,(H,26,31)(H,27,28). The van der Waals surface area contributed by atoms with Gasteiger partial charge in [0.15, 0.2) is 5.82 Å². The zero-order valence-corrected chi connectivity index (χ0v) is 17.4. The van der Waals surface area contributed by atoms with Gasteiger partial charge >= 0.3 is 6.36 Å². The molecule has 3 heterocycles. The van der Waals surface area contributed by atoms with Crippen LogP contribution in [-0.2, 0) is 0 Å². The van der Waals surface area contributed by atoms with Crippen molar-refractivity contribution < 1.29 is 17.9 Å². The Balaban J connectivity index is 1.39. The summed E-state index contributed by atoms with van der Waals surface area (Å²) in [5, 5.41) is 8.24. The molecule has 0 spiro atoms. The van der Waals surface area contributed by atoms with E-state index in [4.69, 9.17) is 5.10 Å². The second kappa shape index (κ2) is 8.16. The molecule has 32 heavy (non-hydrogen) atoms. The molecule has 2 N–H and O–H groups in total. The molecule has 0 unspecified atom stereocenters. The SMILES string of the molecule is O=c1[nH]ccc2c1c(Nc1ccc(OC(F)(F)F)cc1)nn2C1CCC(N2CCC2)CC1. The normalized spacial score (nSPS) is 22.0. The molecule has 10 heteroatoms. The van der Waals surface area contributed by atoms with E-state index in [0.717, 1.165) is 31.2 Å². The molecule has 5 rings (SSSR count). The van der Waals surface area contributed by atoms with Crippen LogP contribution in [0.1, 0.15) is 38.1 Å². The highest BCUT2D eigenvalue weighted by Gasteiger charge is 2.32. The number of hydrogen-bond acceptors (Lipinski definition) is 5. The van der Waals surface area contributed by atoms with Crippen LogP contribution in [-0.4, -0.2) is 45.2 Å². The summed E-state index contributed by atoms with van der Waals surface area (Å²) < 4.78 is 43.0. The number of H-pyrrole nitrogens is 1. The number of halogens is 3. The Morgan fingerprint density at radius 1 is 1.03 bits per heavy atom. The maximum Gasteiger partial charge on any atom is 0.573 e. The molecule has 0 amide bonds. The molecule has 170 valence electrons. The van der Waals surface area contributed by atoms with Crippen molar-refractivity contribution in [1.82, 2.24) is 19.7 Å². The van der Waals surface area contributed by atoms with E-state index in [-0.39, 0.29) is 17.4 Å². The minimum absolute atomic E-state index is 0.204. The number of benzene rings is 1. The molecule has 0 radical (unpaired) electrons. The molecule has 1 aromatic carbocycles. The number of anilines is 2. The first-order chi connectivity index (χ1) is 15.4. The third-order valence-corrected chi connectivity index (χ3v) is 6.40. The highest BCUT2D eigenvalue weighted by atomic mass is 19.4. The van der Waals surface area contributed by atoms with E-state index in [1.165, 1.54) is 43.8 Å². The van der Waals surface area contributed by atoms with Crippen LogP contribution in [0.15, 0.2) is 41.3 Å². The number of rotatable bonds is 5. The van der Waals surface area contributed by atoms with E-state index in [0.29, 0.717) is 22.9 Å². The van der Waals surface area contributed by atoms with Crippen LogP contribution in [0.25, 0.3) is 10.9 Å². The second-order valence-corrected chi connectivity index (χ2v) is 8.41. The maximum absolute atomic E-state index is 12.6. The summed E-state index contributed by atoms with van der Waals surface area (Å²) in [6.07, 6.45) is 2.36. The van der Waals surface area contributed by atoms with Crippen LogP contribution in [0.2, 0.25) is 0 Å². The minimum atomic E-state index is -4.74. The van der Waals surface area contributed by atoms with Crippen molar-refractivity contribution in [2.24, 2.45) is 0 Å². The van der Waals surface area contributed by atoms with Gasteiger partial charge in [-0.25, -0.2) is 0 Å². The lowest BCUT2D eigenvalue weighted by molar-refractivity contribution is -0.274. The Kier molecular flexibility index (Phi) is 5.32. The molecule has 0 atom stereocenters. The van der Waals surface area contributed by atoms with Gasteiger partial charge < -0.3 is 19.9 Å². The number of pyridine rings is 1. The monoisotopic (exact) mass is 447 g/mol. The van der Waals surface area contributed by atoms with Gasteiger partial charge in [-0.05, 0) is 75.5 Å². The van der Waals surface area contributed by atoms with Gasteiger partial charge in [-0.3, -0.25) is 9.48 Å². The lowest BCUT2D eigenvalue weighted by Gasteiger charge is -2.42. The number of nitrogens with zero attached hydrogens (tertiary/aromatic N) is 3. The number of aromatic nitrogens is 3.